The number of benzene rings is 2. The van der Waals surface area contributed by atoms with Gasteiger partial charge >= 0.3 is 0 Å². The zero-order chi connectivity index (χ0) is 23.3. The SMILES string of the molecule is Cc1cc(C(C)(O)N2CCC(F)(c3ccc(C(C)(F)F)cc3)CC2)c(C)cc1C1CCC1. The number of aliphatic hydroxyl groups is 1. The number of piperidine rings is 1. The first-order valence-electron chi connectivity index (χ1n) is 11.7. The van der Waals surface area contributed by atoms with E-state index in [4.69, 9.17) is 0 Å². The minimum atomic E-state index is -2.94. The fraction of sp³-hybridized carbons (Fsp3) is 0.556. The number of aryl methyl sites for hydroxylation is 2. The maximum Gasteiger partial charge on any atom is 0.270 e. The van der Waals surface area contributed by atoms with E-state index in [0.29, 0.717) is 24.6 Å². The summed E-state index contributed by atoms with van der Waals surface area (Å²) in [6, 6.07) is 9.91. The molecular formula is C27H34F3NO. The third-order valence-electron chi connectivity index (χ3n) is 7.75. The molecule has 2 aliphatic rings. The van der Waals surface area contributed by atoms with Gasteiger partial charge in [0.25, 0.3) is 5.92 Å². The zero-order valence-corrected chi connectivity index (χ0v) is 19.5. The quantitative estimate of drug-likeness (QED) is 0.547. The lowest BCUT2D eigenvalue weighted by molar-refractivity contribution is -0.127. The molecule has 1 saturated carbocycles. The fourth-order valence-electron chi connectivity index (χ4n) is 5.32. The van der Waals surface area contributed by atoms with E-state index in [1.807, 2.05) is 11.8 Å². The maximum absolute atomic E-state index is 15.7. The zero-order valence-electron chi connectivity index (χ0n) is 19.5. The molecule has 1 aliphatic carbocycles. The molecule has 2 aromatic rings. The predicted molar refractivity (Wildman–Crippen MR) is 122 cm³/mol. The summed E-state index contributed by atoms with van der Waals surface area (Å²) in [7, 11) is 0. The van der Waals surface area contributed by atoms with Crippen LogP contribution in [0.4, 0.5) is 13.2 Å². The average molecular weight is 446 g/mol. The Morgan fingerprint density at radius 2 is 1.56 bits per heavy atom. The van der Waals surface area contributed by atoms with Gasteiger partial charge in [0.2, 0.25) is 0 Å². The standard InChI is InChI=1S/C27H34F3NO/c1-18-17-24(19(2)16-23(18)20-6-5-7-20)26(4,32)31-14-12-27(30,13-15-31)22-10-8-21(9-11-22)25(3,28)29/h8-11,16-17,20,32H,5-7,12-15H2,1-4H3. The summed E-state index contributed by atoms with van der Waals surface area (Å²) in [6.07, 6.45) is 4.17. The molecular weight excluding hydrogens is 411 g/mol. The highest BCUT2D eigenvalue weighted by Gasteiger charge is 2.42. The van der Waals surface area contributed by atoms with E-state index in [0.717, 1.165) is 18.1 Å². The topological polar surface area (TPSA) is 23.5 Å². The van der Waals surface area contributed by atoms with Gasteiger partial charge in [0, 0.05) is 31.1 Å². The summed E-state index contributed by atoms with van der Waals surface area (Å²) < 4.78 is 42.7. The Morgan fingerprint density at radius 3 is 2.06 bits per heavy atom. The van der Waals surface area contributed by atoms with Crippen molar-refractivity contribution in [3.05, 3.63) is 69.8 Å². The van der Waals surface area contributed by atoms with Gasteiger partial charge in [-0.1, -0.05) is 42.8 Å². The molecule has 0 amide bonds. The van der Waals surface area contributed by atoms with Crippen molar-refractivity contribution in [1.29, 1.82) is 0 Å². The number of halogens is 3. The summed E-state index contributed by atoms with van der Waals surface area (Å²) in [5.41, 5.74) is 2.09. The Morgan fingerprint density at radius 1 is 0.969 bits per heavy atom. The molecule has 174 valence electrons. The Hall–Kier alpha value is -1.85. The predicted octanol–water partition coefficient (Wildman–Crippen LogP) is 6.81. The van der Waals surface area contributed by atoms with Crippen LogP contribution in [0.15, 0.2) is 36.4 Å². The molecule has 4 rings (SSSR count). The van der Waals surface area contributed by atoms with E-state index in [2.05, 4.69) is 19.1 Å². The lowest BCUT2D eigenvalue weighted by Crippen LogP contribution is -2.51. The van der Waals surface area contributed by atoms with Gasteiger partial charge in [-0.2, -0.15) is 0 Å². The summed E-state index contributed by atoms with van der Waals surface area (Å²) in [4.78, 5) is 1.93. The van der Waals surface area contributed by atoms with Crippen molar-refractivity contribution in [1.82, 2.24) is 4.90 Å². The van der Waals surface area contributed by atoms with Crippen LogP contribution in [0.3, 0.4) is 0 Å². The molecule has 32 heavy (non-hydrogen) atoms. The lowest BCUT2D eigenvalue weighted by Gasteiger charge is -2.44. The van der Waals surface area contributed by atoms with E-state index < -0.39 is 17.3 Å². The van der Waals surface area contributed by atoms with E-state index in [-0.39, 0.29) is 18.4 Å². The van der Waals surface area contributed by atoms with Gasteiger partial charge in [-0.25, -0.2) is 13.2 Å². The maximum atomic E-state index is 15.7. The highest BCUT2D eigenvalue weighted by Crippen LogP contribution is 2.43. The third kappa shape index (κ3) is 4.22. The second-order valence-corrected chi connectivity index (χ2v) is 10.1. The monoisotopic (exact) mass is 445 g/mol. The molecule has 1 heterocycles. The van der Waals surface area contributed by atoms with Crippen molar-refractivity contribution in [3.8, 4) is 0 Å². The number of hydrogen-bond donors (Lipinski definition) is 1. The van der Waals surface area contributed by atoms with Crippen LogP contribution in [0, 0.1) is 13.8 Å². The van der Waals surface area contributed by atoms with Crippen LogP contribution in [0.1, 0.15) is 85.3 Å². The van der Waals surface area contributed by atoms with Gasteiger partial charge in [-0.3, -0.25) is 4.90 Å². The first-order valence-corrected chi connectivity index (χ1v) is 11.7. The molecule has 1 N–H and O–H groups in total. The molecule has 1 atom stereocenters. The van der Waals surface area contributed by atoms with Crippen molar-refractivity contribution in [2.45, 2.75) is 83.0 Å². The summed E-state index contributed by atoms with van der Waals surface area (Å²) in [5, 5.41) is 11.5. The van der Waals surface area contributed by atoms with Crippen molar-refractivity contribution in [2.75, 3.05) is 13.1 Å². The molecule has 5 heteroatoms. The third-order valence-corrected chi connectivity index (χ3v) is 7.75. The molecule has 2 aromatic carbocycles. The number of likely N-dealkylation sites (tertiary alicyclic amines) is 1. The number of nitrogens with zero attached hydrogens (tertiary/aromatic N) is 1. The molecule has 1 aliphatic heterocycles. The van der Waals surface area contributed by atoms with E-state index in [9.17, 15) is 13.9 Å². The Kier molecular flexibility index (Phi) is 5.96. The van der Waals surface area contributed by atoms with Crippen molar-refractivity contribution >= 4 is 0 Å². The van der Waals surface area contributed by atoms with Gasteiger partial charge in [0.15, 0.2) is 0 Å². The van der Waals surface area contributed by atoms with E-state index in [1.165, 1.54) is 54.7 Å². The van der Waals surface area contributed by atoms with Crippen LogP contribution >= 0.6 is 0 Å². The smallest absolute Gasteiger partial charge is 0.270 e. The summed E-state index contributed by atoms with van der Waals surface area (Å²) in [5.74, 6) is -2.30. The molecule has 1 saturated heterocycles. The number of alkyl halides is 3. The second kappa shape index (κ2) is 8.18. The molecule has 0 aromatic heterocycles. The van der Waals surface area contributed by atoms with E-state index >= 15 is 4.39 Å². The lowest BCUT2D eigenvalue weighted by atomic mass is 9.76. The van der Waals surface area contributed by atoms with Gasteiger partial charge in [0.1, 0.15) is 11.4 Å². The molecule has 2 nitrogen and oxygen atoms in total. The van der Waals surface area contributed by atoms with Crippen LogP contribution in [0.5, 0.6) is 0 Å². The van der Waals surface area contributed by atoms with Crippen molar-refractivity contribution in [3.63, 3.8) is 0 Å². The van der Waals surface area contributed by atoms with Crippen LogP contribution < -0.4 is 0 Å². The minimum Gasteiger partial charge on any atom is -0.372 e. The van der Waals surface area contributed by atoms with Crippen LogP contribution in [0.25, 0.3) is 0 Å². The first kappa shape index (κ1) is 23.3. The van der Waals surface area contributed by atoms with E-state index in [1.54, 1.807) is 6.92 Å². The summed E-state index contributed by atoms with van der Waals surface area (Å²) in [6.45, 7) is 7.56. The fourth-order valence-corrected chi connectivity index (χ4v) is 5.32. The Labute approximate surface area is 189 Å². The van der Waals surface area contributed by atoms with Gasteiger partial charge in [-0.05, 0) is 74.6 Å². The molecule has 1 unspecified atom stereocenters. The average Bonchev–Trinajstić information content (AvgIpc) is 2.69. The number of rotatable bonds is 5. The molecule has 0 bridgehead atoms. The van der Waals surface area contributed by atoms with Crippen LogP contribution in [-0.4, -0.2) is 23.1 Å². The summed E-state index contributed by atoms with van der Waals surface area (Å²) >= 11 is 0. The molecule has 0 radical (unpaired) electrons. The Bertz CT molecular complexity index is 966. The van der Waals surface area contributed by atoms with Crippen molar-refractivity contribution in [2.24, 2.45) is 0 Å². The minimum absolute atomic E-state index is 0.110. The van der Waals surface area contributed by atoms with Gasteiger partial charge in [0.05, 0.1) is 0 Å². The van der Waals surface area contributed by atoms with Crippen LogP contribution in [-0.2, 0) is 17.3 Å². The first-order chi connectivity index (χ1) is 14.9. The van der Waals surface area contributed by atoms with Gasteiger partial charge in [-0.15, -0.1) is 0 Å². The molecule has 0 spiro atoms. The highest BCUT2D eigenvalue weighted by molar-refractivity contribution is 5.42. The van der Waals surface area contributed by atoms with Crippen LogP contribution in [0.2, 0.25) is 0 Å². The Balaban J connectivity index is 1.50. The highest BCUT2D eigenvalue weighted by atomic mass is 19.3. The van der Waals surface area contributed by atoms with Crippen molar-refractivity contribution < 1.29 is 18.3 Å². The van der Waals surface area contributed by atoms with Gasteiger partial charge < -0.3 is 5.11 Å². The second-order valence-electron chi connectivity index (χ2n) is 10.1. The largest absolute Gasteiger partial charge is 0.372 e. The number of hydrogen-bond acceptors (Lipinski definition) is 2. The normalized spacial score (nSPS) is 21.8. The molecule has 2 fully saturated rings.